The van der Waals surface area contributed by atoms with Crippen LogP contribution in [0.4, 0.5) is 0 Å². The van der Waals surface area contributed by atoms with E-state index in [0.717, 1.165) is 19.5 Å². The van der Waals surface area contributed by atoms with E-state index in [4.69, 9.17) is 11.6 Å². The Morgan fingerprint density at radius 3 is 2.93 bits per heavy atom. The predicted octanol–water partition coefficient (Wildman–Crippen LogP) is 2.96. The van der Waals surface area contributed by atoms with Gasteiger partial charge in [0, 0.05) is 16.8 Å². The molecule has 1 aromatic rings. The molecule has 0 amide bonds. The molecule has 2 heterocycles. The average Bonchev–Trinajstić information content (AvgIpc) is 2.45. The first kappa shape index (κ1) is 11.4. The highest BCUT2D eigenvalue weighted by Crippen LogP contribution is 2.21. The van der Waals surface area contributed by atoms with E-state index >= 15 is 0 Å². The fraction of sp³-hybridized carbons (Fsp3) is 0.727. The van der Waals surface area contributed by atoms with Gasteiger partial charge in [0.25, 0.3) is 0 Å². The Kier molecular flexibility index (Phi) is 3.65. The Morgan fingerprint density at radius 1 is 1.53 bits per heavy atom. The van der Waals surface area contributed by atoms with Gasteiger partial charge in [-0.25, -0.2) is 4.98 Å². The zero-order valence-corrected chi connectivity index (χ0v) is 10.9. The summed E-state index contributed by atoms with van der Waals surface area (Å²) in [5.41, 5.74) is 1.18. The molecule has 1 atom stereocenters. The molecule has 0 aliphatic carbocycles. The van der Waals surface area contributed by atoms with Gasteiger partial charge in [0.2, 0.25) is 0 Å². The Bertz CT molecular complexity index is 318. The van der Waals surface area contributed by atoms with Gasteiger partial charge in [-0.3, -0.25) is 4.90 Å². The monoisotopic (exact) mass is 244 g/mol. The maximum atomic E-state index is 6.16. The van der Waals surface area contributed by atoms with E-state index in [1.165, 1.54) is 28.5 Å². The van der Waals surface area contributed by atoms with Crippen LogP contribution in [0.25, 0.3) is 0 Å². The summed E-state index contributed by atoms with van der Waals surface area (Å²) in [7, 11) is 0. The molecule has 2 rings (SSSR count). The minimum absolute atomic E-state index is 0.334. The number of hydrogen-bond donors (Lipinski definition) is 0. The van der Waals surface area contributed by atoms with E-state index in [2.05, 4.69) is 23.7 Å². The number of aromatic nitrogens is 1. The normalized spacial score (nSPS) is 23.3. The molecular formula is C11H17ClN2S. The first-order valence-electron chi connectivity index (χ1n) is 5.44. The molecule has 0 N–H and O–H groups in total. The number of thiazole rings is 1. The van der Waals surface area contributed by atoms with Crippen LogP contribution in [0, 0.1) is 13.8 Å². The summed E-state index contributed by atoms with van der Waals surface area (Å²) in [6, 6.07) is 0. The molecule has 1 aromatic heterocycles. The van der Waals surface area contributed by atoms with Gasteiger partial charge in [-0.15, -0.1) is 22.9 Å². The van der Waals surface area contributed by atoms with Crippen LogP contribution >= 0.6 is 22.9 Å². The SMILES string of the molecule is Cc1nc(CN2CCCC(Cl)C2)sc1C. The summed E-state index contributed by atoms with van der Waals surface area (Å²) in [5, 5.41) is 1.57. The predicted molar refractivity (Wildman–Crippen MR) is 65.7 cm³/mol. The highest BCUT2D eigenvalue weighted by Gasteiger charge is 2.18. The van der Waals surface area contributed by atoms with Crippen molar-refractivity contribution in [1.82, 2.24) is 9.88 Å². The van der Waals surface area contributed by atoms with E-state index in [0.29, 0.717) is 5.38 Å². The van der Waals surface area contributed by atoms with Crippen molar-refractivity contribution >= 4 is 22.9 Å². The Morgan fingerprint density at radius 2 is 2.33 bits per heavy atom. The average molecular weight is 245 g/mol. The van der Waals surface area contributed by atoms with Gasteiger partial charge in [0.05, 0.1) is 12.2 Å². The first-order chi connectivity index (χ1) is 7.15. The van der Waals surface area contributed by atoms with Crippen LogP contribution < -0.4 is 0 Å². The van der Waals surface area contributed by atoms with Gasteiger partial charge in [-0.1, -0.05) is 0 Å². The van der Waals surface area contributed by atoms with Crippen LogP contribution in [-0.2, 0) is 6.54 Å². The van der Waals surface area contributed by atoms with Gasteiger partial charge in [0.1, 0.15) is 5.01 Å². The van der Waals surface area contributed by atoms with Crippen LogP contribution in [0.1, 0.15) is 28.4 Å². The molecule has 15 heavy (non-hydrogen) atoms. The van der Waals surface area contributed by atoms with E-state index < -0.39 is 0 Å². The summed E-state index contributed by atoms with van der Waals surface area (Å²) in [5.74, 6) is 0. The number of likely N-dealkylation sites (tertiary alicyclic amines) is 1. The molecule has 0 aromatic carbocycles. The van der Waals surface area contributed by atoms with Crippen molar-refractivity contribution in [2.24, 2.45) is 0 Å². The topological polar surface area (TPSA) is 16.1 Å². The molecule has 1 fully saturated rings. The fourth-order valence-corrected chi connectivity index (χ4v) is 3.27. The number of aryl methyl sites for hydroxylation is 2. The lowest BCUT2D eigenvalue weighted by Gasteiger charge is -2.28. The number of nitrogens with zero attached hydrogens (tertiary/aromatic N) is 2. The number of piperidine rings is 1. The quantitative estimate of drug-likeness (QED) is 0.744. The summed E-state index contributed by atoms with van der Waals surface area (Å²) in [6.45, 7) is 7.37. The van der Waals surface area contributed by atoms with Gasteiger partial charge in [0.15, 0.2) is 0 Å². The van der Waals surface area contributed by atoms with E-state index in [-0.39, 0.29) is 0 Å². The lowest BCUT2D eigenvalue weighted by molar-refractivity contribution is 0.224. The molecule has 1 saturated heterocycles. The van der Waals surface area contributed by atoms with Crippen LogP contribution in [0.5, 0.6) is 0 Å². The third-order valence-electron chi connectivity index (χ3n) is 2.88. The lowest BCUT2D eigenvalue weighted by atomic mass is 10.1. The molecule has 1 unspecified atom stereocenters. The summed E-state index contributed by atoms with van der Waals surface area (Å²) >= 11 is 7.97. The summed E-state index contributed by atoms with van der Waals surface area (Å²) in [6.07, 6.45) is 2.38. The Hall–Kier alpha value is -0.120. The van der Waals surface area contributed by atoms with Crippen molar-refractivity contribution in [3.63, 3.8) is 0 Å². The molecule has 4 heteroatoms. The Balaban J connectivity index is 1.96. The molecule has 0 bridgehead atoms. The maximum Gasteiger partial charge on any atom is 0.107 e. The number of hydrogen-bond acceptors (Lipinski definition) is 3. The summed E-state index contributed by atoms with van der Waals surface area (Å²) in [4.78, 5) is 8.32. The van der Waals surface area contributed by atoms with E-state index in [1.54, 1.807) is 0 Å². The number of halogens is 1. The third-order valence-corrected chi connectivity index (χ3v) is 4.29. The standard InChI is InChI=1S/C11H17ClN2S/c1-8-9(2)15-11(13-8)7-14-5-3-4-10(12)6-14/h10H,3-7H2,1-2H3. The molecule has 0 spiro atoms. The molecule has 2 nitrogen and oxygen atoms in total. The highest BCUT2D eigenvalue weighted by atomic mass is 35.5. The van der Waals surface area contributed by atoms with E-state index in [1.807, 2.05) is 11.3 Å². The third kappa shape index (κ3) is 2.92. The molecule has 1 aliphatic heterocycles. The minimum atomic E-state index is 0.334. The fourth-order valence-electron chi connectivity index (χ4n) is 1.94. The molecule has 0 radical (unpaired) electrons. The van der Waals surface area contributed by atoms with Crippen molar-refractivity contribution in [3.8, 4) is 0 Å². The van der Waals surface area contributed by atoms with Crippen LogP contribution in [-0.4, -0.2) is 28.4 Å². The lowest BCUT2D eigenvalue weighted by Crippen LogP contribution is -2.35. The van der Waals surface area contributed by atoms with Crippen molar-refractivity contribution in [2.45, 2.75) is 38.6 Å². The zero-order valence-electron chi connectivity index (χ0n) is 9.29. The van der Waals surface area contributed by atoms with E-state index in [9.17, 15) is 0 Å². The van der Waals surface area contributed by atoms with Gasteiger partial charge < -0.3 is 0 Å². The number of alkyl halides is 1. The van der Waals surface area contributed by atoms with Gasteiger partial charge in [-0.05, 0) is 33.2 Å². The highest BCUT2D eigenvalue weighted by molar-refractivity contribution is 7.11. The van der Waals surface area contributed by atoms with Crippen molar-refractivity contribution in [1.29, 1.82) is 0 Å². The molecular weight excluding hydrogens is 228 g/mol. The summed E-state index contributed by atoms with van der Waals surface area (Å²) < 4.78 is 0. The Labute approximate surface area is 100 Å². The first-order valence-corrected chi connectivity index (χ1v) is 6.70. The zero-order chi connectivity index (χ0) is 10.8. The molecule has 1 aliphatic rings. The van der Waals surface area contributed by atoms with Crippen LogP contribution in [0.3, 0.4) is 0 Å². The molecule has 84 valence electrons. The largest absolute Gasteiger partial charge is 0.295 e. The van der Waals surface area contributed by atoms with Crippen molar-refractivity contribution < 1.29 is 0 Å². The van der Waals surface area contributed by atoms with Gasteiger partial charge in [-0.2, -0.15) is 0 Å². The van der Waals surface area contributed by atoms with Crippen molar-refractivity contribution in [3.05, 3.63) is 15.6 Å². The second kappa shape index (κ2) is 4.81. The molecule has 0 saturated carbocycles. The van der Waals surface area contributed by atoms with Crippen LogP contribution in [0.15, 0.2) is 0 Å². The second-order valence-electron chi connectivity index (χ2n) is 4.22. The van der Waals surface area contributed by atoms with Gasteiger partial charge >= 0.3 is 0 Å². The second-order valence-corrected chi connectivity index (χ2v) is 6.13. The number of rotatable bonds is 2. The maximum absolute atomic E-state index is 6.16. The van der Waals surface area contributed by atoms with Crippen LogP contribution in [0.2, 0.25) is 0 Å². The smallest absolute Gasteiger partial charge is 0.107 e. The minimum Gasteiger partial charge on any atom is -0.295 e. The van der Waals surface area contributed by atoms with Crippen molar-refractivity contribution in [2.75, 3.05) is 13.1 Å².